The van der Waals surface area contributed by atoms with Gasteiger partial charge in [0.25, 0.3) is 0 Å². The molecule has 76 valence electrons. The Morgan fingerprint density at radius 1 is 1.29 bits per heavy atom. The van der Waals surface area contributed by atoms with Gasteiger partial charge in [-0.25, -0.2) is 0 Å². The minimum absolute atomic E-state index is 0.359. The Labute approximate surface area is 92.0 Å². The number of hydrogen-bond acceptors (Lipinski definition) is 2. The first kappa shape index (κ1) is 11.4. The Morgan fingerprint density at radius 2 is 1.86 bits per heavy atom. The molecule has 0 amide bonds. The average molecular weight is 257 g/mol. The van der Waals surface area contributed by atoms with Gasteiger partial charge in [0.2, 0.25) is 0 Å². The van der Waals surface area contributed by atoms with Gasteiger partial charge in [-0.1, -0.05) is 52.9 Å². The minimum Gasteiger partial charge on any atom is -0.389 e. The van der Waals surface area contributed by atoms with Crippen molar-refractivity contribution in [2.75, 3.05) is 5.33 Å². The minimum atomic E-state index is -0.840. The highest BCUT2D eigenvalue weighted by Gasteiger charge is 2.16. The molecule has 0 heterocycles. The standard InChI is InChI=1S/C11H13BrO2/c1-2-8-3-5-9(6-4-8)11(14)10(13)7-12/h2-6,10-11,13-14H,1,7H2. The van der Waals surface area contributed by atoms with Gasteiger partial charge in [-0.05, 0) is 11.1 Å². The monoisotopic (exact) mass is 256 g/mol. The maximum Gasteiger partial charge on any atom is 0.106 e. The Bertz CT molecular complexity index is 295. The summed E-state index contributed by atoms with van der Waals surface area (Å²) in [7, 11) is 0. The molecule has 0 bridgehead atoms. The Kier molecular flexibility index (Phi) is 4.32. The van der Waals surface area contributed by atoms with Crippen LogP contribution in [0.3, 0.4) is 0 Å². The topological polar surface area (TPSA) is 40.5 Å². The Hall–Kier alpha value is -0.640. The van der Waals surface area contributed by atoms with E-state index >= 15 is 0 Å². The molecule has 2 N–H and O–H groups in total. The summed E-state index contributed by atoms with van der Waals surface area (Å²) < 4.78 is 0. The largest absolute Gasteiger partial charge is 0.389 e. The molecule has 0 fully saturated rings. The second-order valence-corrected chi connectivity index (χ2v) is 3.68. The van der Waals surface area contributed by atoms with Crippen molar-refractivity contribution in [3.63, 3.8) is 0 Å². The molecule has 3 heteroatoms. The van der Waals surface area contributed by atoms with Crippen molar-refractivity contribution in [2.24, 2.45) is 0 Å². The van der Waals surface area contributed by atoms with E-state index in [0.717, 1.165) is 5.56 Å². The van der Waals surface area contributed by atoms with Crippen LogP contribution in [0.15, 0.2) is 30.8 Å². The number of aliphatic hydroxyl groups is 2. The lowest BCUT2D eigenvalue weighted by Gasteiger charge is -2.15. The van der Waals surface area contributed by atoms with E-state index in [1.165, 1.54) is 0 Å². The summed E-state index contributed by atoms with van der Waals surface area (Å²) in [5, 5.41) is 19.4. The molecule has 1 rings (SSSR count). The van der Waals surface area contributed by atoms with Crippen LogP contribution in [0.4, 0.5) is 0 Å². The normalized spacial score (nSPS) is 14.8. The predicted molar refractivity (Wildman–Crippen MR) is 61.3 cm³/mol. The lowest BCUT2D eigenvalue weighted by atomic mass is 10.0. The molecular weight excluding hydrogens is 244 g/mol. The number of aliphatic hydroxyl groups excluding tert-OH is 2. The van der Waals surface area contributed by atoms with E-state index in [9.17, 15) is 10.2 Å². The van der Waals surface area contributed by atoms with Crippen LogP contribution in [-0.2, 0) is 0 Å². The van der Waals surface area contributed by atoms with Gasteiger partial charge in [0, 0.05) is 5.33 Å². The third-order valence-corrected chi connectivity index (χ3v) is 2.70. The van der Waals surface area contributed by atoms with Crippen molar-refractivity contribution < 1.29 is 10.2 Å². The van der Waals surface area contributed by atoms with Crippen LogP contribution in [0.25, 0.3) is 6.08 Å². The van der Waals surface area contributed by atoms with Crippen LogP contribution >= 0.6 is 15.9 Å². The van der Waals surface area contributed by atoms with Gasteiger partial charge in [-0.3, -0.25) is 0 Å². The van der Waals surface area contributed by atoms with Crippen LogP contribution in [0.2, 0.25) is 0 Å². The van der Waals surface area contributed by atoms with Crippen molar-refractivity contribution in [1.82, 2.24) is 0 Å². The molecule has 2 unspecified atom stereocenters. The van der Waals surface area contributed by atoms with Gasteiger partial charge < -0.3 is 10.2 Å². The summed E-state index contributed by atoms with van der Waals surface area (Å²) in [6.45, 7) is 3.64. The van der Waals surface area contributed by atoms with Crippen molar-refractivity contribution in [2.45, 2.75) is 12.2 Å². The van der Waals surface area contributed by atoms with Gasteiger partial charge in [0.15, 0.2) is 0 Å². The lowest BCUT2D eigenvalue weighted by Crippen LogP contribution is -2.19. The Balaban J connectivity index is 2.80. The quantitative estimate of drug-likeness (QED) is 0.811. The number of alkyl halides is 1. The van der Waals surface area contributed by atoms with E-state index in [2.05, 4.69) is 22.5 Å². The smallest absolute Gasteiger partial charge is 0.106 e. The molecule has 14 heavy (non-hydrogen) atoms. The first-order valence-electron chi connectivity index (χ1n) is 4.33. The molecule has 0 aliphatic heterocycles. The fourth-order valence-corrected chi connectivity index (χ4v) is 1.49. The first-order chi connectivity index (χ1) is 6.69. The third kappa shape index (κ3) is 2.67. The second-order valence-electron chi connectivity index (χ2n) is 3.04. The molecule has 2 atom stereocenters. The summed E-state index contributed by atoms with van der Waals surface area (Å²) >= 11 is 3.11. The van der Waals surface area contributed by atoms with Crippen molar-refractivity contribution in [1.29, 1.82) is 0 Å². The molecule has 0 radical (unpaired) electrons. The van der Waals surface area contributed by atoms with Crippen molar-refractivity contribution >= 4 is 22.0 Å². The van der Waals surface area contributed by atoms with Crippen LogP contribution in [0.1, 0.15) is 17.2 Å². The average Bonchev–Trinajstić information content (AvgIpc) is 2.27. The van der Waals surface area contributed by atoms with Crippen LogP contribution in [0, 0.1) is 0 Å². The maximum absolute atomic E-state index is 9.65. The zero-order chi connectivity index (χ0) is 10.6. The second kappa shape index (κ2) is 5.29. The third-order valence-electron chi connectivity index (χ3n) is 2.04. The van der Waals surface area contributed by atoms with Crippen LogP contribution < -0.4 is 0 Å². The number of halogens is 1. The first-order valence-corrected chi connectivity index (χ1v) is 5.45. The van der Waals surface area contributed by atoms with E-state index in [0.29, 0.717) is 10.9 Å². The van der Waals surface area contributed by atoms with Crippen LogP contribution in [-0.4, -0.2) is 21.6 Å². The van der Waals surface area contributed by atoms with E-state index in [1.807, 2.05) is 12.1 Å². The molecule has 1 aromatic rings. The highest BCUT2D eigenvalue weighted by molar-refractivity contribution is 9.09. The molecule has 0 aliphatic rings. The highest BCUT2D eigenvalue weighted by Crippen LogP contribution is 2.18. The van der Waals surface area contributed by atoms with E-state index in [4.69, 9.17) is 0 Å². The molecule has 0 saturated heterocycles. The molecule has 0 aliphatic carbocycles. The Morgan fingerprint density at radius 3 is 2.29 bits per heavy atom. The van der Waals surface area contributed by atoms with E-state index in [-0.39, 0.29) is 0 Å². The SMILES string of the molecule is C=Cc1ccc(C(O)C(O)CBr)cc1. The van der Waals surface area contributed by atoms with Gasteiger partial charge in [-0.15, -0.1) is 0 Å². The summed E-state index contributed by atoms with van der Waals surface area (Å²) in [4.78, 5) is 0. The zero-order valence-electron chi connectivity index (χ0n) is 7.73. The van der Waals surface area contributed by atoms with Crippen molar-refractivity contribution in [3.05, 3.63) is 42.0 Å². The van der Waals surface area contributed by atoms with Gasteiger partial charge in [0.1, 0.15) is 6.10 Å². The summed E-state index contributed by atoms with van der Waals surface area (Å²) in [5.41, 5.74) is 1.71. The van der Waals surface area contributed by atoms with E-state index in [1.54, 1.807) is 18.2 Å². The highest BCUT2D eigenvalue weighted by atomic mass is 79.9. The molecule has 2 nitrogen and oxygen atoms in total. The van der Waals surface area contributed by atoms with E-state index < -0.39 is 12.2 Å². The van der Waals surface area contributed by atoms with Crippen LogP contribution in [0.5, 0.6) is 0 Å². The number of benzene rings is 1. The molecule has 0 saturated carbocycles. The van der Waals surface area contributed by atoms with Gasteiger partial charge in [-0.2, -0.15) is 0 Å². The van der Waals surface area contributed by atoms with Gasteiger partial charge in [0.05, 0.1) is 6.10 Å². The lowest BCUT2D eigenvalue weighted by molar-refractivity contribution is 0.0343. The van der Waals surface area contributed by atoms with Gasteiger partial charge >= 0.3 is 0 Å². The molecule has 1 aromatic carbocycles. The predicted octanol–water partition coefficient (Wildman–Crippen LogP) is 2.12. The maximum atomic E-state index is 9.65. The summed E-state index contributed by atoms with van der Waals surface area (Å²) in [6, 6.07) is 7.28. The zero-order valence-corrected chi connectivity index (χ0v) is 9.31. The molecular formula is C11H13BrO2. The number of hydrogen-bond donors (Lipinski definition) is 2. The number of rotatable bonds is 4. The van der Waals surface area contributed by atoms with Crippen molar-refractivity contribution in [3.8, 4) is 0 Å². The summed E-state index contributed by atoms with van der Waals surface area (Å²) in [6.07, 6.45) is 0.120. The fourth-order valence-electron chi connectivity index (χ4n) is 1.14. The fraction of sp³-hybridized carbons (Fsp3) is 0.273. The summed E-state index contributed by atoms with van der Waals surface area (Å²) in [5.74, 6) is 0. The molecule has 0 aromatic heterocycles. The molecule has 0 spiro atoms.